The number of nitrogens with zero attached hydrogens (tertiary/aromatic N) is 2. The molecule has 0 fully saturated rings. The van der Waals surface area contributed by atoms with Gasteiger partial charge in [0.1, 0.15) is 0 Å². The zero-order valence-corrected chi connectivity index (χ0v) is 28.9. The van der Waals surface area contributed by atoms with Crippen LogP contribution in [0.2, 0.25) is 0 Å². The van der Waals surface area contributed by atoms with Crippen LogP contribution >= 0.6 is 11.8 Å². The van der Waals surface area contributed by atoms with Gasteiger partial charge in [-0.3, -0.25) is 0 Å². The summed E-state index contributed by atoms with van der Waals surface area (Å²) in [7, 11) is 0. The van der Waals surface area contributed by atoms with Crippen LogP contribution in [0.5, 0.6) is 0 Å². The molecule has 0 amide bonds. The molecule has 2 nitrogen and oxygen atoms in total. The Morgan fingerprint density at radius 2 is 0.942 bits per heavy atom. The largest absolute Gasteiger partial charge is 0.309 e. The minimum absolute atomic E-state index is 0.424. The van der Waals surface area contributed by atoms with Crippen molar-refractivity contribution < 1.29 is 0 Å². The Morgan fingerprint density at radius 3 is 1.69 bits per heavy atom. The van der Waals surface area contributed by atoms with Gasteiger partial charge in [0.25, 0.3) is 0 Å². The van der Waals surface area contributed by atoms with E-state index in [9.17, 15) is 0 Å². The highest BCUT2D eigenvalue weighted by atomic mass is 32.2. The molecule has 2 aliphatic rings. The van der Waals surface area contributed by atoms with Crippen LogP contribution in [-0.4, -0.2) is 9.13 Å². The summed E-state index contributed by atoms with van der Waals surface area (Å²) in [6, 6.07) is 67.6. The van der Waals surface area contributed by atoms with Crippen LogP contribution < -0.4 is 0 Å². The lowest BCUT2D eigenvalue weighted by atomic mass is 9.67. The number of hydrogen-bond donors (Lipinski definition) is 0. The van der Waals surface area contributed by atoms with Gasteiger partial charge in [-0.1, -0.05) is 145 Å². The first-order valence-electron chi connectivity index (χ1n) is 17.9. The smallest absolute Gasteiger partial charge is 0.0736 e. The van der Waals surface area contributed by atoms with E-state index in [0.29, 0.717) is 0 Å². The van der Waals surface area contributed by atoms with Crippen molar-refractivity contribution in [3.8, 4) is 22.5 Å². The predicted molar refractivity (Wildman–Crippen MR) is 217 cm³/mol. The monoisotopic (exact) mass is 678 g/mol. The molecule has 12 rings (SSSR count). The van der Waals surface area contributed by atoms with Crippen molar-refractivity contribution >= 4 is 55.4 Å². The Hall–Kier alpha value is -6.29. The van der Waals surface area contributed by atoms with Gasteiger partial charge in [0.2, 0.25) is 0 Å². The Kier molecular flexibility index (Phi) is 5.67. The van der Waals surface area contributed by atoms with Crippen molar-refractivity contribution in [2.45, 2.75) is 15.2 Å². The van der Waals surface area contributed by atoms with Gasteiger partial charge >= 0.3 is 0 Å². The Morgan fingerprint density at radius 1 is 0.365 bits per heavy atom. The maximum atomic E-state index is 2.54. The summed E-state index contributed by atoms with van der Waals surface area (Å²) in [6.07, 6.45) is 0. The SMILES string of the molecule is c1ccc(-n2c3ccccc3c3cc(-n4c5ccccc5c5ccc6c(c54)Sc4ccccc4C64c5ccccc5-c5ccccc54)ccc32)cc1. The quantitative estimate of drug-likeness (QED) is 0.177. The normalized spacial score (nSPS) is 13.8. The minimum Gasteiger partial charge on any atom is -0.309 e. The fourth-order valence-corrected chi connectivity index (χ4v) is 10.9. The van der Waals surface area contributed by atoms with Crippen molar-refractivity contribution in [3.63, 3.8) is 0 Å². The molecular formula is C49H30N2S. The molecule has 1 spiro atoms. The van der Waals surface area contributed by atoms with Gasteiger partial charge in [0, 0.05) is 42.7 Å². The highest BCUT2D eigenvalue weighted by Gasteiger charge is 2.50. The Bertz CT molecular complexity index is 3060. The first-order valence-corrected chi connectivity index (χ1v) is 18.8. The van der Waals surface area contributed by atoms with Gasteiger partial charge in [-0.05, 0) is 81.9 Å². The lowest BCUT2D eigenvalue weighted by Gasteiger charge is -2.40. The molecule has 0 bridgehead atoms. The average Bonchev–Trinajstić information content (AvgIpc) is 3.83. The predicted octanol–water partition coefficient (Wildman–Crippen LogP) is 12.7. The van der Waals surface area contributed by atoms with E-state index < -0.39 is 5.41 Å². The second kappa shape index (κ2) is 10.4. The van der Waals surface area contributed by atoms with Gasteiger partial charge in [-0.2, -0.15) is 0 Å². The maximum Gasteiger partial charge on any atom is 0.0736 e. The number of benzene rings is 8. The van der Waals surface area contributed by atoms with E-state index in [0.717, 1.165) is 0 Å². The van der Waals surface area contributed by atoms with Crippen molar-refractivity contribution in [1.29, 1.82) is 0 Å². The Labute approximate surface area is 305 Å². The molecule has 0 saturated carbocycles. The molecule has 3 heterocycles. The van der Waals surface area contributed by atoms with Gasteiger partial charge in [0.15, 0.2) is 0 Å². The highest BCUT2D eigenvalue weighted by molar-refractivity contribution is 7.99. The number of hydrogen-bond acceptors (Lipinski definition) is 1. The van der Waals surface area contributed by atoms with Crippen molar-refractivity contribution in [2.24, 2.45) is 0 Å². The molecular weight excluding hydrogens is 649 g/mol. The lowest BCUT2D eigenvalue weighted by Crippen LogP contribution is -2.32. The zero-order chi connectivity index (χ0) is 34.0. The lowest BCUT2D eigenvalue weighted by molar-refractivity contribution is 0.724. The molecule has 52 heavy (non-hydrogen) atoms. The first-order chi connectivity index (χ1) is 25.8. The highest BCUT2D eigenvalue weighted by Crippen LogP contribution is 2.63. The summed E-state index contributed by atoms with van der Waals surface area (Å²) in [6.45, 7) is 0. The third kappa shape index (κ3) is 3.51. The molecule has 242 valence electrons. The van der Waals surface area contributed by atoms with Crippen molar-refractivity contribution in [1.82, 2.24) is 9.13 Å². The van der Waals surface area contributed by atoms with Crippen LogP contribution in [0.4, 0.5) is 0 Å². The van der Waals surface area contributed by atoms with Gasteiger partial charge in [-0.15, -0.1) is 0 Å². The molecule has 0 saturated heterocycles. The molecule has 0 radical (unpaired) electrons. The molecule has 3 heteroatoms. The number of para-hydroxylation sites is 3. The first kappa shape index (κ1) is 28.4. The molecule has 10 aromatic rings. The number of rotatable bonds is 2. The second-order valence-corrected chi connectivity index (χ2v) is 15.1. The van der Waals surface area contributed by atoms with Crippen molar-refractivity contribution in [3.05, 3.63) is 204 Å². The molecule has 1 aliphatic heterocycles. The molecule has 0 atom stereocenters. The number of aromatic nitrogens is 2. The zero-order valence-electron chi connectivity index (χ0n) is 28.1. The third-order valence-electron chi connectivity index (χ3n) is 11.6. The van der Waals surface area contributed by atoms with Crippen LogP contribution in [0.15, 0.2) is 192 Å². The van der Waals surface area contributed by atoms with E-state index in [4.69, 9.17) is 0 Å². The summed E-state index contributed by atoms with van der Waals surface area (Å²) in [4.78, 5) is 2.64. The van der Waals surface area contributed by atoms with E-state index in [1.54, 1.807) is 0 Å². The Balaban J connectivity index is 1.21. The summed E-state index contributed by atoms with van der Waals surface area (Å²) in [5.74, 6) is 0. The summed E-state index contributed by atoms with van der Waals surface area (Å²) in [5, 5.41) is 5.06. The third-order valence-corrected chi connectivity index (χ3v) is 12.8. The second-order valence-electron chi connectivity index (χ2n) is 14.0. The van der Waals surface area contributed by atoms with Crippen LogP contribution in [-0.2, 0) is 5.41 Å². The van der Waals surface area contributed by atoms with Crippen LogP contribution in [0.1, 0.15) is 22.3 Å². The molecule has 0 unspecified atom stereocenters. The maximum absolute atomic E-state index is 2.54. The topological polar surface area (TPSA) is 9.86 Å². The summed E-state index contributed by atoms with van der Waals surface area (Å²) < 4.78 is 4.94. The molecule has 1 aliphatic carbocycles. The van der Waals surface area contributed by atoms with Crippen LogP contribution in [0.25, 0.3) is 66.1 Å². The van der Waals surface area contributed by atoms with E-state index in [2.05, 4.69) is 191 Å². The fraction of sp³-hybridized carbons (Fsp3) is 0.0204. The standard InChI is InChI=1S/C49H30N2S/c1-2-14-31(15-3-1)50-43-23-11-7-19-36(43)38-30-32(26-29-45(38)50)51-44-24-12-6-18-35(44)37-27-28-42-48(47(37)51)52-46-25-13-10-22-41(46)49(42)39-20-8-4-16-33(39)34-17-5-9-21-40(34)49/h1-30H. The van der Waals surface area contributed by atoms with Gasteiger partial charge in [0.05, 0.1) is 27.5 Å². The molecule has 2 aromatic heterocycles. The van der Waals surface area contributed by atoms with Gasteiger partial charge < -0.3 is 9.13 Å². The molecule has 8 aromatic carbocycles. The van der Waals surface area contributed by atoms with E-state index >= 15 is 0 Å². The van der Waals surface area contributed by atoms with E-state index in [1.807, 2.05) is 11.8 Å². The number of fused-ring (bicyclic) bond motifs is 16. The average molecular weight is 679 g/mol. The van der Waals surface area contributed by atoms with E-state index in [1.165, 1.54) is 98.2 Å². The van der Waals surface area contributed by atoms with Gasteiger partial charge in [-0.25, -0.2) is 0 Å². The van der Waals surface area contributed by atoms with Crippen LogP contribution in [0.3, 0.4) is 0 Å². The molecule has 0 N–H and O–H groups in total. The van der Waals surface area contributed by atoms with Crippen molar-refractivity contribution in [2.75, 3.05) is 0 Å². The minimum atomic E-state index is -0.424. The fourth-order valence-electron chi connectivity index (χ4n) is 9.59. The van der Waals surface area contributed by atoms with E-state index in [-0.39, 0.29) is 0 Å². The summed E-state index contributed by atoms with van der Waals surface area (Å²) >= 11 is 1.93. The van der Waals surface area contributed by atoms with Crippen LogP contribution in [0, 0.1) is 0 Å². The summed E-state index contributed by atoms with van der Waals surface area (Å²) in [5.41, 5.74) is 14.9.